The van der Waals surface area contributed by atoms with Crippen LogP contribution in [0, 0.1) is 11.3 Å². The molecule has 8 nitrogen and oxygen atoms in total. The Hall–Kier alpha value is -2.16. The number of sulfonamides is 1. The molecule has 3 heterocycles. The molecule has 0 radical (unpaired) electrons. The Bertz CT molecular complexity index is 1290. The number of hydrogen-bond donors (Lipinski definition) is 0. The Kier molecular flexibility index (Phi) is 6.22. The lowest BCUT2D eigenvalue weighted by Gasteiger charge is -2.32. The molecule has 0 unspecified atom stereocenters. The van der Waals surface area contributed by atoms with E-state index in [0.29, 0.717) is 29.3 Å². The standard InChI is InChI=1S/C20H19Cl2N5O3S2/c1-20(2,12-23)14-5-3-4-13(10-14)18-24-25-19(30-18)26-6-8-27(9-7-26)32(28,29)15-11-16(21)31-17(15)22/h3-5,10-11H,6-9H2,1-2H3. The molecule has 2 aromatic heterocycles. The van der Waals surface area contributed by atoms with Crippen LogP contribution in [0.25, 0.3) is 11.5 Å². The maximum Gasteiger partial charge on any atom is 0.318 e. The number of halogens is 2. The fourth-order valence-electron chi connectivity index (χ4n) is 3.33. The molecule has 0 N–H and O–H groups in total. The number of rotatable bonds is 5. The van der Waals surface area contributed by atoms with Gasteiger partial charge in [0, 0.05) is 31.7 Å². The van der Waals surface area contributed by atoms with Crippen molar-refractivity contribution in [2.24, 2.45) is 0 Å². The zero-order chi connectivity index (χ0) is 23.1. The van der Waals surface area contributed by atoms with E-state index in [0.717, 1.165) is 22.5 Å². The smallest absolute Gasteiger partial charge is 0.318 e. The minimum absolute atomic E-state index is 0.0304. The van der Waals surface area contributed by atoms with Crippen molar-refractivity contribution >= 4 is 50.6 Å². The second-order valence-corrected chi connectivity index (χ2v) is 12.0. The highest BCUT2D eigenvalue weighted by Gasteiger charge is 2.32. The molecule has 1 aliphatic rings. The predicted molar refractivity (Wildman–Crippen MR) is 124 cm³/mol. The van der Waals surface area contributed by atoms with Crippen LogP contribution in [0.5, 0.6) is 0 Å². The van der Waals surface area contributed by atoms with E-state index in [9.17, 15) is 13.7 Å². The summed E-state index contributed by atoms with van der Waals surface area (Å²) in [4.78, 5) is 1.87. The SMILES string of the molecule is CC(C)(C#N)c1cccc(-c2nnc(N3CCN(S(=O)(=O)c4cc(Cl)sc4Cl)CC3)o2)c1. The molecule has 1 saturated heterocycles. The topological polar surface area (TPSA) is 103 Å². The molecule has 0 aliphatic carbocycles. The number of aromatic nitrogens is 2. The van der Waals surface area contributed by atoms with Gasteiger partial charge < -0.3 is 9.32 Å². The van der Waals surface area contributed by atoms with Crippen LogP contribution in [-0.2, 0) is 15.4 Å². The highest BCUT2D eigenvalue weighted by Crippen LogP contribution is 2.36. The van der Waals surface area contributed by atoms with Crippen molar-refractivity contribution in [2.75, 3.05) is 31.1 Å². The number of anilines is 1. The van der Waals surface area contributed by atoms with Crippen molar-refractivity contribution in [3.05, 3.63) is 44.6 Å². The number of hydrogen-bond acceptors (Lipinski definition) is 8. The van der Waals surface area contributed by atoms with Crippen molar-refractivity contribution in [1.82, 2.24) is 14.5 Å². The van der Waals surface area contributed by atoms with E-state index in [-0.39, 0.29) is 22.3 Å². The van der Waals surface area contributed by atoms with Gasteiger partial charge in [-0.3, -0.25) is 0 Å². The number of thiophene rings is 1. The van der Waals surface area contributed by atoms with Crippen LogP contribution in [0.2, 0.25) is 8.67 Å². The largest absolute Gasteiger partial charge is 0.403 e. The highest BCUT2D eigenvalue weighted by atomic mass is 35.5. The minimum atomic E-state index is -3.73. The monoisotopic (exact) mass is 511 g/mol. The van der Waals surface area contributed by atoms with Gasteiger partial charge in [-0.2, -0.15) is 9.57 Å². The average molecular weight is 512 g/mol. The van der Waals surface area contributed by atoms with Gasteiger partial charge in [-0.05, 0) is 37.6 Å². The van der Waals surface area contributed by atoms with Crippen molar-refractivity contribution in [3.8, 4) is 17.5 Å². The van der Waals surface area contributed by atoms with Crippen LogP contribution in [0.15, 0.2) is 39.6 Å². The van der Waals surface area contributed by atoms with Gasteiger partial charge in [-0.25, -0.2) is 8.42 Å². The van der Waals surface area contributed by atoms with E-state index in [1.807, 2.05) is 43.0 Å². The lowest BCUT2D eigenvalue weighted by Crippen LogP contribution is -2.48. The molecule has 32 heavy (non-hydrogen) atoms. The zero-order valence-corrected chi connectivity index (χ0v) is 20.4. The fourth-order valence-corrected chi connectivity index (χ4v) is 6.86. The first-order chi connectivity index (χ1) is 15.1. The second-order valence-electron chi connectivity index (χ2n) is 7.79. The maximum absolute atomic E-state index is 12.9. The quantitative estimate of drug-likeness (QED) is 0.499. The third kappa shape index (κ3) is 4.36. The van der Waals surface area contributed by atoms with Gasteiger partial charge in [0.15, 0.2) is 0 Å². The molecule has 0 bridgehead atoms. The van der Waals surface area contributed by atoms with Crippen molar-refractivity contribution in [2.45, 2.75) is 24.2 Å². The number of nitrogens with zero attached hydrogens (tertiary/aromatic N) is 5. The minimum Gasteiger partial charge on any atom is -0.403 e. The average Bonchev–Trinajstić information content (AvgIpc) is 3.40. The first kappa shape index (κ1) is 23.0. The van der Waals surface area contributed by atoms with Crippen LogP contribution in [0.1, 0.15) is 19.4 Å². The van der Waals surface area contributed by atoms with Crippen molar-refractivity contribution in [3.63, 3.8) is 0 Å². The normalized spacial score (nSPS) is 15.7. The van der Waals surface area contributed by atoms with E-state index in [4.69, 9.17) is 27.6 Å². The van der Waals surface area contributed by atoms with Crippen LogP contribution in [-0.4, -0.2) is 49.1 Å². The fraction of sp³-hybridized carbons (Fsp3) is 0.350. The molecule has 0 saturated carbocycles. The summed E-state index contributed by atoms with van der Waals surface area (Å²) >= 11 is 13.0. The summed E-state index contributed by atoms with van der Waals surface area (Å²) in [7, 11) is -3.73. The molecule has 0 amide bonds. The van der Waals surface area contributed by atoms with E-state index in [1.54, 1.807) is 0 Å². The van der Waals surface area contributed by atoms with Gasteiger partial charge in [-0.1, -0.05) is 40.4 Å². The van der Waals surface area contributed by atoms with Gasteiger partial charge in [0.05, 0.1) is 15.8 Å². The lowest BCUT2D eigenvalue weighted by atomic mass is 9.85. The molecule has 0 spiro atoms. The highest BCUT2D eigenvalue weighted by molar-refractivity contribution is 7.89. The van der Waals surface area contributed by atoms with E-state index < -0.39 is 15.4 Å². The summed E-state index contributed by atoms with van der Waals surface area (Å²) in [5.41, 5.74) is 0.925. The maximum atomic E-state index is 12.9. The van der Waals surface area contributed by atoms with Gasteiger partial charge in [-0.15, -0.1) is 16.4 Å². The van der Waals surface area contributed by atoms with Gasteiger partial charge in [0.1, 0.15) is 9.23 Å². The Morgan fingerprint density at radius 3 is 2.50 bits per heavy atom. The van der Waals surface area contributed by atoms with Gasteiger partial charge >= 0.3 is 6.01 Å². The molecule has 1 fully saturated rings. The Morgan fingerprint density at radius 1 is 1.16 bits per heavy atom. The van der Waals surface area contributed by atoms with Gasteiger partial charge in [0.2, 0.25) is 15.9 Å². The molecule has 0 atom stereocenters. The van der Waals surface area contributed by atoms with Crippen molar-refractivity contribution in [1.29, 1.82) is 5.26 Å². The van der Waals surface area contributed by atoms with Gasteiger partial charge in [0.25, 0.3) is 0 Å². The molecule has 4 rings (SSSR count). The Morgan fingerprint density at radius 2 is 1.88 bits per heavy atom. The summed E-state index contributed by atoms with van der Waals surface area (Å²) in [5, 5.41) is 17.6. The molecular formula is C20H19Cl2N5O3S2. The molecule has 3 aromatic rings. The third-order valence-electron chi connectivity index (χ3n) is 5.28. The van der Waals surface area contributed by atoms with E-state index >= 15 is 0 Å². The Labute approximate surface area is 200 Å². The molecule has 1 aliphatic heterocycles. The molecular weight excluding hydrogens is 493 g/mol. The number of benzene rings is 1. The van der Waals surface area contributed by atoms with E-state index in [1.165, 1.54) is 10.4 Å². The summed E-state index contributed by atoms with van der Waals surface area (Å²) in [6.45, 7) is 4.95. The summed E-state index contributed by atoms with van der Waals surface area (Å²) in [5.74, 6) is 0.338. The zero-order valence-electron chi connectivity index (χ0n) is 17.2. The first-order valence-electron chi connectivity index (χ1n) is 9.67. The summed E-state index contributed by atoms with van der Waals surface area (Å²) in [6.07, 6.45) is 0. The predicted octanol–water partition coefficient (Wildman–Crippen LogP) is 4.42. The van der Waals surface area contributed by atoms with Crippen LogP contribution in [0.3, 0.4) is 0 Å². The van der Waals surface area contributed by atoms with Crippen LogP contribution >= 0.6 is 34.5 Å². The third-order valence-corrected chi connectivity index (χ3v) is 8.93. The van der Waals surface area contributed by atoms with E-state index in [2.05, 4.69) is 16.3 Å². The number of piperazine rings is 1. The second kappa shape index (κ2) is 8.65. The first-order valence-corrected chi connectivity index (χ1v) is 12.7. The lowest BCUT2D eigenvalue weighted by molar-refractivity contribution is 0.372. The Balaban J connectivity index is 1.48. The number of nitriles is 1. The molecule has 12 heteroatoms. The van der Waals surface area contributed by atoms with Crippen LogP contribution in [0.4, 0.5) is 6.01 Å². The molecule has 168 valence electrons. The summed E-state index contributed by atoms with van der Waals surface area (Å²) in [6, 6.07) is 11.4. The van der Waals surface area contributed by atoms with Crippen LogP contribution < -0.4 is 4.90 Å². The van der Waals surface area contributed by atoms with Crippen molar-refractivity contribution < 1.29 is 12.8 Å². The summed E-state index contributed by atoms with van der Waals surface area (Å²) < 4.78 is 33.5. The molecule has 1 aromatic carbocycles.